The van der Waals surface area contributed by atoms with Crippen molar-refractivity contribution in [1.82, 2.24) is 0 Å². The van der Waals surface area contributed by atoms with Crippen molar-refractivity contribution in [2.45, 2.75) is 26.4 Å². The molecular formula is C7H13F3O. The van der Waals surface area contributed by atoms with E-state index in [0.717, 1.165) is 0 Å². The molecule has 1 nitrogen and oxygen atoms in total. The molecule has 0 aliphatic carbocycles. The Morgan fingerprint density at radius 2 is 1.73 bits per heavy atom. The Morgan fingerprint density at radius 3 is 1.82 bits per heavy atom. The van der Waals surface area contributed by atoms with Gasteiger partial charge in [0.15, 0.2) is 0 Å². The Kier molecular flexibility index (Phi) is 3.86. The number of aliphatic hydroxyl groups is 1. The van der Waals surface area contributed by atoms with Gasteiger partial charge in [0.25, 0.3) is 0 Å². The second-order valence-electron chi connectivity index (χ2n) is 3.01. The van der Waals surface area contributed by atoms with E-state index in [0.29, 0.717) is 0 Å². The van der Waals surface area contributed by atoms with Gasteiger partial charge in [0.05, 0.1) is 0 Å². The average Bonchev–Trinajstić information content (AvgIpc) is 1.80. The van der Waals surface area contributed by atoms with Crippen LogP contribution in [-0.2, 0) is 0 Å². The van der Waals surface area contributed by atoms with Crippen molar-refractivity contribution in [3.63, 3.8) is 0 Å². The van der Waals surface area contributed by atoms with E-state index in [9.17, 15) is 13.2 Å². The van der Waals surface area contributed by atoms with Crippen LogP contribution in [0, 0.1) is 11.8 Å². The predicted octanol–water partition coefficient (Wildman–Crippen LogP) is 2.20. The van der Waals surface area contributed by atoms with Crippen LogP contribution in [0.2, 0.25) is 0 Å². The molecule has 0 aromatic carbocycles. The second kappa shape index (κ2) is 3.95. The quantitative estimate of drug-likeness (QED) is 0.688. The highest BCUT2D eigenvalue weighted by Gasteiger charge is 2.32. The van der Waals surface area contributed by atoms with Crippen LogP contribution < -0.4 is 0 Å². The van der Waals surface area contributed by atoms with E-state index >= 15 is 0 Å². The number of hydrogen-bond donors (Lipinski definition) is 1. The van der Waals surface area contributed by atoms with Gasteiger partial charge in [-0.1, -0.05) is 13.8 Å². The number of rotatable bonds is 3. The zero-order chi connectivity index (χ0) is 9.07. The zero-order valence-corrected chi connectivity index (χ0v) is 6.65. The number of hydrogen-bond acceptors (Lipinski definition) is 1. The summed E-state index contributed by atoms with van der Waals surface area (Å²) < 4.78 is 35.2. The van der Waals surface area contributed by atoms with Crippen LogP contribution in [0.15, 0.2) is 0 Å². The van der Waals surface area contributed by atoms with Gasteiger partial charge in [-0.2, -0.15) is 13.2 Å². The molecule has 0 aliphatic rings. The van der Waals surface area contributed by atoms with E-state index in [1.54, 1.807) is 13.8 Å². The Morgan fingerprint density at radius 1 is 1.27 bits per heavy atom. The minimum absolute atomic E-state index is 0.123. The van der Waals surface area contributed by atoms with Crippen molar-refractivity contribution >= 4 is 0 Å². The molecule has 0 aromatic rings. The molecule has 0 unspecified atom stereocenters. The number of halogens is 3. The van der Waals surface area contributed by atoms with Gasteiger partial charge in [0, 0.05) is 13.0 Å². The normalized spacial score (nSPS) is 15.5. The molecule has 0 aliphatic heterocycles. The molecule has 1 atom stereocenters. The van der Waals surface area contributed by atoms with Crippen LogP contribution >= 0.6 is 0 Å². The SMILES string of the molecule is CC(C)[C@H](CO)CC(F)(F)F. The molecule has 0 fully saturated rings. The Labute approximate surface area is 64.2 Å². The maximum absolute atomic E-state index is 11.7. The third-order valence-electron chi connectivity index (χ3n) is 1.67. The fraction of sp³-hybridized carbons (Fsp3) is 1.00. The van der Waals surface area contributed by atoms with Crippen LogP contribution in [0.5, 0.6) is 0 Å². The van der Waals surface area contributed by atoms with Crippen molar-refractivity contribution in [2.24, 2.45) is 11.8 Å². The van der Waals surface area contributed by atoms with E-state index in [-0.39, 0.29) is 5.92 Å². The average molecular weight is 170 g/mol. The lowest BCUT2D eigenvalue weighted by molar-refractivity contribution is -0.150. The minimum Gasteiger partial charge on any atom is -0.396 e. The molecule has 0 amide bonds. The van der Waals surface area contributed by atoms with Crippen molar-refractivity contribution in [3.8, 4) is 0 Å². The first kappa shape index (κ1) is 10.8. The minimum atomic E-state index is -4.16. The van der Waals surface area contributed by atoms with E-state index in [1.165, 1.54) is 0 Å². The summed E-state index contributed by atoms with van der Waals surface area (Å²) in [6, 6.07) is 0. The molecule has 0 rings (SSSR count). The largest absolute Gasteiger partial charge is 0.396 e. The Hall–Kier alpha value is -0.250. The molecule has 0 radical (unpaired) electrons. The van der Waals surface area contributed by atoms with Crippen LogP contribution in [0.25, 0.3) is 0 Å². The lowest BCUT2D eigenvalue weighted by atomic mass is 9.93. The molecule has 0 aromatic heterocycles. The van der Waals surface area contributed by atoms with Gasteiger partial charge < -0.3 is 5.11 Å². The lowest BCUT2D eigenvalue weighted by Gasteiger charge is -2.19. The van der Waals surface area contributed by atoms with Gasteiger partial charge in [-0.3, -0.25) is 0 Å². The molecule has 0 saturated carbocycles. The summed E-state index contributed by atoms with van der Waals surface area (Å²) in [6.07, 6.45) is -5.04. The van der Waals surface area contributed by atoms with Crippen LogP contribution in [-0.4, -0.2) is 17.9 Å². The van der Waals surface area contributed by atoms with E-state index < -0.39 is 25.1 Å². The lowest BCUT2D eigenvalue weighted by Crippen LogP contribution is -2.22. The second-order valence-corrected chi connectivity index (χ2v) is 3.01. The summed E-state index contributed by atoms with van der Waals surface area (Å²) in [6.45, 7) is 2.95. The summed E-state index contributed by atoms with van der Waals surface area (Å²) in [5.74, 6) is -0.781. The first-order chi connectivity index (χ1) is 4.87. The van der Waals surface area contributed by atoms with Crippen LogP contribution in [0.3, 0.4) is 0 Å². The number of aliphatic hydroxyl groups excluding tert-OH is 1. The third-order valence-corrected chi connectivity index (χ3v) is 1.67. The molecular weight excluding hydrogens is 157 g/mol. The molecule has 0 spiro atoms. The summed E-state index contributed by atoms with van der Waals surface area (Å²) in [7, 11) is 0. The third kappa shape index (κ3) is 5.07. The molecule has 0 saturated heterocycles. The van der Waals surface area contributed by atoms with Gasteiger partial charge in [-0.05, 0) is 11.8 Å². The maximum Gasteiger partial charge on any atom is 0.389 e. The molecule has 11 heavy (non-hydrogen) atoms. The van der Waals surface area contributed by atoms with E-state index in [1.807, 2.05) is 0 Å². The van der Waals surface area contributed by atoms with Gasteiger partial charge in [0.1, 0.15) is 0 Å². The zero-order valence-electron chi connectivity index (χ0n) is 6.65. The van der Waals surface area contributed by atoms with Gasteiger partial charge in [0.2, 0.25) is 0 Å². The first-order valence-electron chi connectivity index (χ1n) is 3.54. The summed E-state index contributed by atoms with van der Waals surface area (Å²) in [5.41, 5.74) is 0. The smallest absolute Gasteiger partial charge is 0.389 e. The highest BCUT2D eigenvalue weighted by molar-refractivity contribution is 4.65. The van der Waals surface area contributed by atoms with Gasteiger partial charge >= 0.3 is 6.18 Å². The fourth-order valence-corrected chi connectivity index (χ4v) is 0.808. The predicted molar refractivity (Wildman–Crippen MR) is 36.1 cm³/mol. The molecule has 0 heterocycles. The van der Waals surface area contributed by atoms with Crippen molar-refractivity contribution < 1.29 is 18.3 Å². The van der Waals surface area contributed by atoms with E-state index in [4.69, 9.17) is 5.11 Å². The molecule has 1 N–H and O–H groups in total. The van der Waals surface area contributed by atoms with Crippen LogP contribution in [0.4, 0.5) is 13.2 Å². The summed E-state index contributed by atoms with van der Waals surface area (Å²) in [5, 5.41) is 8.56. The summed E-state index contributed by atoms with van der Waals surface area (Å²) in [4.78, 5) is 0. The van der Waals surface area contributed by atoms with Gasteiger partial charge in [-0.15, -0.1) is 0 Å². The van der Waals surface area contributed by atoms with Gasteiger partial charge in [-0.25, -0.2) is 0 Å². The van der Waals surface area contributed by atoms with Crippen LogP contribution in [0.1, 0.15) is 20.3 Å². The standard InChI is InChI=1S/C7H13F3O/c1-5(2)6(4-11)3-7(8,9)10/h5-6,11H,3-4H2,1-2H3/t6-/m0/s1. The van der Waals surface area contributed by atoms with E-state index in [2.05, 4.69) is 0 Å². The topological polar surface area (TPSA) is 20.2 Å². The molecule has 0 bridgehead atoms. The summed E-state index contributed by atoms with van der Waals surface area (Å²) >= 11 is 0. The highest BCUT2D eigenvalue weighted by atomic mass is 19.4. The van der Waals surface area contributed by atoms with Crippen molar-refractivity contribution in [3.05, 3.63) is 0 Å². The Bertz CT molecular complexity index is 109. The first-order valence-corrected chi connectivity index (χ1v) is 3.54. The maximum atomic E-state index is 11.7. The molecule has 4 heteroatoms. The fourth-order valence-electron chi connectivity index (χ4n) is 0.808. The number of alkyl halides is 3. The van der Waals surface area contributed by atoms with Crippen molar-refractivity contribution in [1.29, 1.82) is 0 Å². The molecule has 68 valence electrons. The monoisotopic (exact) mass is 170 g/mol. The highest BCUT2D eigenvalue weighted by Crippen LogP contribution is 2.28. The van der Waals surface area contributed by atoms with Crippen molar-refractivity contribution in [2.75, 3.05) is 6.61 Å². The Balaban J connectivity index is 3.88.